The van der Waals surface area contributed by atoms with Gasteiger partial charge in [-0.25, -0.2) is 0 Å². The smallest absolute Gasteiger partial charge is 0.306 e. The third kappa shape index (κ3) is 54.6. The molecule has 1 atom stereocenters. The summed E-state index contributed by atoms with van der Waals surface area (Å²) in [5.74, 6) is -1.03. The molecule has 390 valence electrons. The second-order valence-electron chi connectivity index (χ2n) is 18.1. The molecule has 0 fully saturated rings. The van der Waals surface area contributed by atoms with Gasteiger partial charge in [-0.15, -0.1) is 0 Å². The standard InChI is InChI=1S/C63H102O6/c1-4-7-10-13-16-19-22-25-28-30-31-33-35-38-41-44-47-50-53-56-62(65)68-59-60(58-67-61(64)55-52-49-46-43-40-37-34-27-24-21-18-15-12-9-6-3)69-63(66)57-54-51-48-45-42-39-36-32-29-26-23-20-17-14-11-8-5-2/h7,10,16-17,19-21,24-26,28-29,31,33,36,38-39,41,47,50,60H,4-6,8-9,11-15,18,22-23,27,30,32,34-35,37,40,42-46,48-49,51-59H2,1-3H3/b10-7+,19-16+,20-17+,24-21+,28-25+,29-26+,33-31+,39-36+,41-38+,50-47+/t60-/m1/s1. The van der Waals surface area contributed by atoms with Gasteiger partial charge in [0.15, 0.2) is 6.10 Å². The average molecular weight is 956 g/mol. The predicted molar refractivity (Wildman–Crippen MR) is 297 cm³/mol. The van der Waals surface area contributed by atoms with E-state index < -0.39 is 6.10 Å². The number of carbonyl (C=O) groups is 3. The van der Waals surface area contributed by atoms with Crippen LogP contribution in [0.2, 0.25) is 0 Å². The Morgan fingerprint density at radius 1 is 0.304 bits per heavy atom. The van der Waals surface area contributed by atoms with Gasteiger partial charge in [-0.3, -0.25) is 14.4 Å². The lowest BCUT2D eigenvalue weighted by Gasteiger charge is -2.18. The highest BCUT2D eigenvalue weighted by atomic mass is 16.6. The van der Waals surface area contributed by atoms with Gasteiger partial charge >= 0.3 is 17.9 Å². The molecule has 0 heterocycles. The number of allylic oxidation sites excluding steroid dienone is 20. The average Bonchev–Trinajstić information content (AvgIpc) is 3.35. The molecule has 0 amide bonds. The van der Waals surface area contributed by atoms with E-state index in [1.165, 1.54) is 89.9 Å². The molecule has 0 aliphatic rings. The maximum absolute atomic E-state index is 12.8. The largest absolute Gasteiger partial charge is 0.462 e. The Morgan fingerprint density at radius 3 is 1.01 bits per heavy atom. The summed E-state index contributed by atoms with van der Waals surface area (Å²) in [7, 11) is 0. The van der Waals surface area contributed by atoms with Gasteiger partial charge < -0.3 is 14.2 Å². The Kier molecular flexibility index (Phi) is 53.0. The second-order valence-corrected chi connectivity index (χ2v) is 18.1. The molecule has 0 spiro atoms. The van der Waals surface area contributed by atoms with Crippen molar-refractivity contribution in [1.29, 1.82) is 0 Å². The summed E-state index contributed by atoms with van der Waals surface area (Å²) in [5, 5.41) is 0. The molecule has 0 saturated heterocycles. The molecular weight excluding hydrogens is 853 g/mol. The molecule has 0 aliphatic carbocycles. The number of rotatable bonds is 49. The van der Waals surface area contributed by atoms with Crippen LogP contribution in [0.1, 0.15) is 239 Å². The van der Waals surface area contributed by atoms with E-state index in [-0.39, 0.29) is 44.0 Å². The van der Waals surface area contributed by atoms with E-state index in [4.69, 9.17) is 14.2 Å². The van der Waals surface area contributed by atoms with E-state index in [0.717, 1.165) is 103 Å². The van der Waals surface area contributed by atoms with E-state index in [1.807, 2.05) is 12.2 Å². The normalized spacial score (nSPS) is 13.0. The lowest BCUT2D eigenvalue weighted by molar-refractivity contribution is -0.166. The van der Waals surface area contributed by atoms with Gasteiger partial charge in [-0.2, -0.15) is 0 Å². The Bertz CT molecular complexity index is 1470. The van der Waals surface area contributed by atoms with Crippen molar-refractivity contribution in [1.82, 2.24) is 0 Å². The molecule has 0 rings (SSSR count). The van der Waals surface area contributed by atoms with Gasteiger partial charge in [0.2, 0.25) is 0 Å². The molecule has 0 radical (unpaired) electrons. The number of ether oxygens (including phenoxy) is 3. The highest BCUT2D eigenvalue weighted by molar-refractivity contribution is 5.71. The minimum atomic E-state index is -0.826. The van der Waals surface area contributed by atoms with E-state index in [9.17, 15) is 14.4 Å². The number of hydrogen-bond donors (Lipinski definition) is 0. The predicted octanol–water partition coefficient (Wildman–Crippen LogP) is 18.9. The zero-order chi connectivity index (χ0) is 50.0. The lowest BCUT2D eigenvalue weighted by atomic mass is 10.1. The first-order valence-corrected chi connectivity index (χ1v) is 28.0. The summed E-state index contributed by atoms with van der Waals surface area (Å²) in [5.41, 5.74) is 0. The zero-order valence-corrected chi connectivity index (χ0v) is 44.5. The molecule has 0 aromatic rings. The fraction of sp³-hybridized carbons (Fsp3) is 0.635. The minimum absolute atomic E-state index is 0.116. The van der Waals surface area contributed by atoms with Crippen molar-refractivity contribution in [2.24, 2.45) is 0 Å². The van der Waals surface area contributed by atoms with Gasteiger partial charge in [0.25, 0.3) is 0 Å². The van der Waals surface area contributed by atoms with Crippen LogP contribution >= 0.6 is 0 Å². The van der Waals surface area contributed by atoms with Crippen LogP contribution in [0.3, 0.4) is 0 Å². The summed E-state index contributed by atoms with van der Waals surface area (Å²) in [4.78, 5) is 38.1. The molecule has 0 unspecified atom stereocenters. The van der Waals surface area contributed by atoms with Crippen molar-refractivity contribution < 1.29 is 28.6 Å². The van der Waals surface area contributed by atoms with Gasteiger partial charge in [0, 0.05) is 19.3 Å². The molecule has 69 heavy (non-hydrogen) atoms. The quantitative estimate of drug-likeness (QED) is 0.0262. The highest BCUT2D eigenvalue weighted by Crippen LogP contribution is 2.13. The summed E-state index contributed by atoms with van der Waals surface area (Å²) < 4.78 is 16.8. The van der Waals surface area contributed by atoms with Crippen LogP contribution in [0, 0.1) is 0 Å². The molecule has 0 N–H and O–H groups in total. The first kappa shape index (κ1) is 64.8. The third-order valence-electron chi connectivity index (χ3n) is 11.4. The number of unbranched alkanes of at least 4 members (excludes halogenated alkanes) is 18. The van der Waals surface area contributed by atoms with Crippen LogP contribution in [0.5, 0.6) is 0 Å². The van der Waals surface area contributed by atoms with Gasteiger partial charge in [-0.05, 0) is 122 Å². The minimum Gasteiger partial charge on any atom is -0.462 e. The number of esters is 3. The zero-order valence-electron chi connectivity index (χ0n) is 44.5. The fourth-order valence-electron chi connectivity index (χ4n) is 7.23. The van der Waals surface area contributed by atoms with Crippen molar-refractivity contribution in [3.63, 3.8) is 0 Å². The third-order valence-corrected chi connectivity index (χ3v) is 11.4. The van der Waals surface area contributed by atoms with Crippen molar-refractivity contribution >= 4 is 17.9 Å². The summed E-state index contributed by atoms with van der Waals surface area (Å²) in [6, 6.07) is 0. The maximum Gasteiger partial charge on any atom is 0.306 e. The van der Waals surface area contributed by atoms with Crippen molar-refractivity contribution in [2.75, 3.05) is 13.2 Å². The Balaban J connectivity index is 4.57. The Hall–Kier alpha value is -4.19. The second kappa shape index (κ2) is 56.4. The lowest BCUT2D eigenvalue weighted by Crippen LogP contribution is -2.30. The molecule has 0 aliphatic heterocycles. The summed E-state index contributed by atoms with van der Waals surface area (Å²) in [6.45, 7) is 6.39. The first-order chi connectivity index (χ1) is 34.0. The van der Waals surface area contributed by atoms with Gasteiger partial charge in [-0.1, -0.05) is 219 Å². The van der Waals surface area contributed by atoms with E-state index >= 15 is 0 Å². The Morgan fingerprint density at radius 2 is 0.594 bits per heavy atom. The highest BCUT2D eigenvalue weighted by Gasteiger charge is 2.19. The first-order valence-electron chi connectivity index (χ1n) is 28.0. The summed E-state index contributed by atoms with van der Waals surface area (Å²) in [6.07, 6.45) is 77.6. The van der Waals surface area contributed by atoms with Crippen LogP contribution in [-0.2, 0) is 28.6 Å². The van der Waals surface area contributed by atoms with Gasteiger partial charge in [0.05, 0.1) is 0 Å². The summed E-state index contributed by atoms with van der Waals surface area (Å²) >= 11 is 0. The van der Waals surface area contributed by atoms with Crippen molar-refractivity contribution in [3.05, 3.63) is 122 Å². The van der Waals surface area contributed by atoms with Crippen LogP contribution in [0.15, 0.2) is 122 Å². The van der Waals surface area contributed by atoms with E-state index in [0.29, 0.717) is 12.8 Å². The van der Waals surface area contributed by atoms with E-state index in [1.54, 1.807) is 0 Å². The molecule has 0 bridgehead atoms. The number of hydrogen-bond acceptors (Lipinski definition) is 6. The molecule has 6 nitrogen and oxygen atoms in total. The fourth-order valence-corrected chi connectivity index (χ4v) is 7.23. The maximum atomic E-state index is 12.8. The topological polar surface area (TPSA) is 78.9 Å². The molecular formula is C63H102O6. The van der Waals surface area contributed by atoms with Crippen molar-refractivity contribution in [3.8, 4) is 0 Å². The SMILES string of the molecule is CC/C=C/C/C=C/C/C=C/C/C=C/C/C=C/C/C=C/CCC(=O)OC[C@@H](COC(=O)CCCCCCCCC/C=C/CCCCCC)OC(=O)CCCCCC/C=C/C/C=C/C/C=C/CCCCC. The van der Waals surface area contributed by atoms with Crippen LogP contribution in [0.25, 0.3) is 0 Å². The van der Waals surface area contributed by atoms with Crippen molar-refractivity contribution in [2.45, 2.75) is 245 Å². The van der Waals surface area contributed by atoms with Gasteiger partial charge in [0.1, 0.15) is 13.2 Å². The van der Waals surface area contributed by atoms with Crippen LogP contribution in [0.4, 0.5) is 0 Å². The molecule has 0 aromatic heterocycles. The molecule has 0 saturated carbocycles. The molecule has 0 aromatic carbocycles. The van der Waals surface area contributed by atoms with Crippen LogP contribution < -0.4 is 0 Å². The molecule has 6 heteroatoms. The Labute approximate surface area is 424 Å². The monoisotopic (exact) mass is 955 g/mol. The number of carbonyl (C=O) groups excluding carboxylic acids is 3. The van der Waals surface area contributed by atoms with Crippen LogP contribution in [-0.4, -0.2) is 37.2 Å². The van der Waals surface area contributed by atoms with E-state index in [2.05, 4.69) is 130 Å².